The van der Waals surface area contributed by atoms with Gasteiger partial charge in [0, 0.05) is 28.9 Å². The molecule has 0 radical (unpaired) electrons. The van der Waals surface area contributed by atoms with Crippen molar-refractivity contribution in [3.8, 4) is 11.1 Å². The van der Waals surface area contributed by atoms with E-state index in [1.54, 1.807) is 6.07 Å². The van der Waals surface area contributed by atoms with E-state index < -0.39 is 0 Å². The minimum absolute atomic E-state index is 0.00471. The molecule has 5 rings (SSSR count). The Morgan fingerprint density at radius 3 is 2.55 bits per heavy atom. The van der Waals surface area contributed by atoms with Crippen LogP contribution >= 0.6 is 23.2 Å². The van der Waals surface area contributed by atoms with Gasteiger partial charge in [-0.1, -0.05) is 47.5 Å². The second-order valence-electron chi connectivity index (χ2n) is 7.67. The second-order valence-corrected chi connectivity index (χ2v) is 8.51. The average Bonchev–Trinajstić information content (AvgIpc) is 3.44. The van der Waals surface area contributed by atoms with Crippen LogP contribution in [0.15, 0.2) is 60.7 Å². The van der Waals surface area contributed by atoms with Gasteiger partial charge in [-0.2, -0.15) is 0 Å². The van der Waals surface area contributed by atoms with Gasteiger partial charge in [0.05, 0.1) is 10.7 Å². The van der Waals surface area contributed by atoms with Crippen molar-refractivity contribution >= 4 is 40.5 Å². The molecule has 0 aromatic heterocycles. The molecule has 1 aliphatic heterocycles. The maximum absolute atomic E-state index is 12.4. The van der Waals surface area contributed by atoms with E-state index in [4.69, 9.17) is 23.2 Å². The SMILES string of the molecule is O=C(NC1CC1)c1cccc(-c2ccc3c(c2)N(c2ccc(Cl)cc2Cl)CC3)c1. The van der Waals surface area contributed by atoms with Gasteiger partial charge in [-0.25, -0.2) is 0 Å². The maximum atomic E-state index is 12.4. The van der Waals surface area contributed by atoms with E-state index in [1.165, 1.54) is 5.56 Å². The van der Waals surface area contributed by atoms with Crippen molar-refractivity contribution in [2.45, 2.75) is 25.3 Å². The fraction of sp³-hybridized carbons (Fsp3) is 0.208. The van der Waals surface area contributed by atoms with Gasteiger partial charge in [0.2, 0.25) is 0 Å². The van der Waals surface area contributed by atoms with Gasteiger partial charge in [-0.3, -0.25) is 4.79 Å². The summed E-state index contributed by atoms with van der Waals surface area (Å²) in [5, 5.41) is 4.34. The lowest BCUT2D eigenvalue weighted by atomic mass is 10.00. The standard InChI is InChI=1S/C24H20Cl2N2O/c25-19-6-9-22(21(26)14-19)28-11-10-15-4-5-17(13-23(15)28)16-2-1-3-18(12-16)24(29)27-20-7-8-20/h1-6,9,12-14,20H,7-8,10-11H2,(H,27,29). The Labute approximate surface area is 180 Å². The molecule has 3 aromatic carbocycles. The first-order valence-corrected chi connectivity index (χ1v) is 10.6. The Balaban J connectivity index is 1.48. The number of fused-ring (bicyclic) bond motifs is 1. The van der Waals surface area contributed by atoms with Gasteiger partial charge in [-0.15, -0.1) is 0 Å². The zero-order valence-electron chi connectivity index (χ0n) is 15.8. The molecular weight excluding hydrogens is 403 g/mol. The van der Waals surface area contributed by atoms with Crippen molar-refractivity contribution in [1.82, 2.24) is 5.32 Å². The third kappa shape index (κ3) is 3.73. The molecule has 1 saturated carbocycles. The molecule has 1 N–H and O–H groups in total. The van der Waals surface area contributed by atoms with Gasteiger partial charge < -0.3 is 10.2 Å². The number of halogens is 2. The zero-order valence-corrected chi connectivity index (χ0v) is 17.3. The van der Waals surface area contributed by atoms with Crippen molar-refractivity contribution in [2.75, 3.05) is 11.4 Å². The molecule has 0 spiro atoms. The van der Waals surface area contributed by atoms with Crippen molar-refractivity contribution in [3.05, 3.63) is 81.8 Å². The summed E-state index contributed by atoms with van der Waals surface area (Å²) in [6.45, 7) is 0.879. The van der Waals surface area contributed by atoms with Crippen molar-refractivity contribution in [2.24, 2.45) is 0 Å². The molecule has 1 aliphatic carbocycles. The molecule has 0 atom stereocenters. The number of carbonyl (C=O) groups is 1. The lowest BCUT2D eigenvalue weighted by Crippen LogP contribution is -2.25. The van der Waals surface area contributed by atoms with E-state index in [0.717, 1.165) is 48.3 Å². The fourth-order valence-corrected chi connectivity index (χ4v) is 4.36. The Bertz CT molecular complexity index is 1110. The monoisotopic (exact) mass is 422 g/mol. The molecular formula is C24H20Cl2N2O. The molecule has 0 bridgehead atoms. The number of hydrogen-bond donors (Lipinski definition) is 1. The number of amides is 1. The third-order valence-corrected chi connectivity index (χ3v) is 6.09. The Kier molecular flexibility index (Phi) is 4.73. The van der Waals surface area contributed by atoms with Crippen LogP contribution in [0.1, 0.15) is 28.8 Å². The van der Waals surface area contributed by atoms with E-state index in [2.05, 4.69) is 28.4 Å². The molecule has 2 aliphatic rings. The van der Waals surface area contributed by atoms with E-state index in [1.807, 2.05) is 36.4 Å². The lowest BCUT2D eigenvalue weighted by Gasteiger charge is -2.21. The highest BCUT2D eigenvalue weighted by atomic mass is 35.5. The van der Waals surface area contributed by atoms with Crippen LogP contribution in [0.2, 0.25) is 10.0 Å². The molecule has 3 aromatic rings. The first kappa shape index (κ1) is 18.5. The number of rotatable bonds is 4. The summed E-state index contributed by atoms with van der Waals surface area (Å²) >= 11 is 12.5. The van der Waals surface area contributed by atoms with Gasteiger partial charge in [0.25, 0.3) is 5.91 Å². The van der Waals surface area contributed by atoms with Gasteiger partial charge in [0.1, 0.15) is 0 Å². The first-order chi connectivity index (χ1) is 14.1. The van der Waals surface area contributed by atoms with Crippen LogP contribution in [0.5, 0.6) is 0 Å². The maximum Gasteiger partial charge on any atom is 0.251 e. The molecule has 146 valence electrons. The Morgan fingerprint density at radius 2 is 1.76 bits per heavy atom. The first-order valence-electron chi connectivity index (χ1n) is 9.85. The highest BCUT2D eigenvalue weighted by molar-refractivity contribution is 6.36. The fourth-order valence-electron chi connectivity index (χ4n) is 3.85. The summed E-state index contributed by atoms with van der Waals surface area (Å²) in [5.74, 6) is 0.00471. The minimum atomic E-state index is 0.00471. The molecule has 3 nitrogen and oxygen atoms in total. The van der Waals surface area contributed by atoms with Gasteiger partial charge in [-0.05, 0) is 72.4 Å². The number of carbonyl (C=O) groups excluding carboxylic acids is 1. The number of hydrogen-bond acceptors (Lipinski definition) is 2. The molecule has 1 fully saturated rings. The van der Waals surface area contributed by atoms with Crippen LogP contribution in [0.25, 0.3) is 11.1 Å². The molecule has 1 amide bonds. The largest absolute Gasteiger partial charge is 0.349 e. The van der Waals surface area contributed by atoms with E-state index >= 15 is 0 Å². The molecule has 29 heavy (non-hydrogen) atoms. The number of anilines is 2. The number of benzene rings is 3. The summed E-state index contributed by atoms with van der Waals surface area (Å²) in [5.41, 5.74) is 6.23. The Hall–Kier alpha value is -2.49. The van der Waals surface area contributed by atoms with Gasteiger partial charge in [0.15, 0.2) is 0 Å². The van der Waals surface area contributed by atoms with E-state index in [9.17, 15) is 4.79 Å². The Morgan fingerprint density at radius 1 is 0.931 bits per heavy atom. The lowest BCUT2D eigenvalue weighted by molar-refractivity contribution is 0.0951. The van der Waals surface area contributed by atoms with Crippen molar-refractivity contribution < 1.29 is 4.79 Å². The smallest absolute Gasteiger partial charge is 0.251 e. The van der Waals surface area contributed by atoms with Crippen LogP contribution in [0.3, 0.4) is 0 Å². The topological polar surface area (TPSA) is 32.3 Å². The molecule has 0 unspecified atom stereocenters. The van der Waals surface area contributed by atoms with E-state index in [-0.39, 0.29) is 5.91 Å². The van der Waals surface area contributed by atoms with Crippen molar-refractivity contribution in [1.29, 1.82) is 0 Å². The van der Waals surface area contributed by atoms with Crippen LogP contribution < -0.4 is 10.2 Å². The van der Waals surface area contributed by atoms with Gasteiger partial charge >= 0.3 is 0 Å². The summed E-state index contributed by atoms with van der Waals surface area (Å²) in [6.07, 6.45) is 3.14. The highest BCUT2D eigenvalue weighted by Crippen LogP contribution is 2.41. The molecule has 1 heterocycles. The van der Waals surface area contributed by atoms with Crippen LogP contribution in [-0.4, -0.2) is 18.5 Å². The summed E-state index contributed by atoms with van der Waals surface area (Å²) in [7, 11) is 0. The van der Waals surface area contributed by atoms with Crippen LogP contribution in [0.4, 0.5) is 11.4 Å². The minimum Gasteiger partial charge on any atom is -0.349 e. The summed E-state index contributed by atoms with van der Waals surface area (Å²) in [4.78, 5) is 14.7. The van der Waals surface area contributed by atoms with Crippen molar-refractivity contribution in [3.63, 3.8) is 0 Å². The van der Waals surface area contributed by atoms with E-state index in [0.29, 0.717) is 21.7 Å². The summed E-state index contributed by atoms with van der Waals surface area (Å²) < 4.78 is 0. The van der Waals surface area contributed by atoms with Crippen LogP contribution in [-0.2, 0) is 6.42 Å². The predicted molar refractivity (Wildman–Crippen MR) is 120 cm³/mol. The highest BCUT2D eigenvalue weighted by Gasteiger charge is 2.25. The number of nitrogens with zero attached hydrogens (tertiary/aromatic N) is 1. The number of nitrogens with one attached hydrogen (secondary N) is 1. The molecule has 0 saturated heterocycles. The second kappa shape index (κ2) is 7.40. The zero-order chi connectivity index (χ0) is 20.0. The van der Waals surface area contributed by atoms with Crippen LogP contribution in [0, 0.1) is 0 Å². The third-order valence-electron chi connectivity index (χ3n) is 5.55. The average molecular weight is 423 g/mol. The molecule has 5 heteroatoms. The summed E-state index contributed by atoms with van der Waals surface area (Å²) in [6, 6.07) is 20.3. The predicted octanol–water partition coefficient (Wildman–Crippen LogP) is 6.25. The quantitative estimate of drug-likeness (QED) is 0.538. The normalized spacial score (nSPS) is 15.3.